The second kappa shape index (κ2) is 5.11. The van der Waals surface area contributed by atoms with Crippen LogP contribution < -0.4 is 0 Å². The van der Waals surface area contributed by atoms with E-state index in [1.807, 2.05) is 6.07 Å². The van der Waals surface area contributed by atoms with Crippen molar-refractivity contribution >= 4 is 15.8 Å². The molecule has 0 heterocycles. The van der Waals surface area contributed by atoms with Crippen molar-refractivity contribution in [1.29, 1.82) is 5.26 Å². The summed E-state index contributed by atoms with van der Waals surface area (Å²) in [7, 11) is -3.64. The Hall–Kier alpha value is -1.94. The van der Waals surface area contributed by atoms with E-state index in [0.717, 1.165) is 6.26 Å². The first kappa shape index (κ1) is 15.4. The van der Waals surface area contributed by atoms with Gasteiger partial charge in [0.2, 0.25) is 0 Å². The number of rotatable bonds is 4. The minimum atomic E-state index is -3.64. The summed E-state index contributed by atoms with van der Waals surface area (Å²) >= 11 is 0. The van der Waals surface area contributed by atoms with Crippen LogP contribution in [-0.4, -0.2) is 32.5 Å². The van der Waals surface area contributed by atoms with Gasteiger partial charge in [0.1, 0.15) is 11.1 Å². The molecular formula is C14H14FNO4S. The van der Waals surface area contributed by atoms with Crippen LogP contribution >= 0.6 is 0 Å². The smallest absolute Gasteiger partial charge is 0.328 e. The zero-order chi connectivity index (χ0) is 15.8. The average molecular weight is 311 g/mol. The molecule has 0 saturated heterocycles. The lowest BCUT2D eigenvalue weighted by Crippen LogP contribution is -2.24. The molecule has 0 spiro atoms. The molecule has 5 nitrogen and oxygen atoms in total. The molecule has 1 aliphatic carbocycles. The van der Waals surface area contributed by atoms with Gasteiger partial charge < -0.3 is 4.74 Å². The number of sulfone groups is 1. The molecule has 7 heteroatoms. The van der Waals surface area contributed by atoms with Crippen LogP contribution in [0.25, 0.3) is 0 Å². The monoisotopic (exact) mass is 311 g/mol. The Labute approximate surface area is 122 Å². The summed E-state index contributed by atoms with van der Waals surface area (Å²) in [5.41, 5.74) is -1.32. The van der Waals surface area contributed by atoms with Crippen LogP contribution in [0.5, 0.6) is 0 Å². The third kappa shape index (κ3) is 2.40. The zero-order valence-electron chi connectivity index (χ0n) is 11.5. The van der Waals surface area contributed by atoms with Crippen LogP contribution in [0.15, 0.2) is 24.3 Å². The van der Waals surface area contributed by atoms with Crippen LogP contribution in [0.1, 0.15) is 18.4 Å². The highest BCUT2D eigenvalue weighted by Gasteiger charge is 2.76. The Morgan fingerprint density at radius 3 is 2.43 bits per heavy atom. The Kier molecular flexibility index (Phi) is 3.76. The second-order valence-electron chi connectivity index (χ2n) is 4.98. The first-order chi connectivity index (χ1) is 9.79. The molecule has 1 fully saturated rings. The molecule has 0 amide bonds. The van der Waals surface area contributed by atoms with E-state index in [9.17, 15) is 22.9 Å². The van der Waals surface area contributed by atoms with Gasteiger partial charge in [-0.1, -0.05) is 12.1 Å². The Morgan fingerprint density at radius 2 is 2.00 bits per heavy atom. The van der Waals surface area contributed by atoms with E-state index >= 15 is 0 Å². The topological polar surface area (TPSA) is 84.2 Å². The zero-order valence-corrected chi connectivity index (χ0v) is 12.4. The number of nitriles is 1. The third-order valence-electron chi connectivity index (χ3n) is 3.62. The van der Waals surface area contributed by atoms with Gasteiger partial charge in [-0.15, -0.1) is 0 Å². The van der Waals surface area contributed by atoms with Crippen molar-refractivity contribution in [1.82, 2.24) is 0 Å². The number of halogens is 1. The Balaban J connectivity index is 2.50. The highest BCUT2D eigenvalue weighted by atomic mass is 32.2. The summed E-state index contributed by atoms with van der Waals surface area (Å²) in [4.78, 5) is 12.1. The number of ether oxygens (including phenoxy) is 1. The summed E-state index contributed by atoms with van der Waals surface area (Å²) in [5.74, 6) is -2.16. The molecule has 2 rings (SSSR count). The molecule has 0 N–H and O–H groups in total. The van der Waals surface area contributed by atoms with Gasteiger partial charge in [-0.3, -0.25) is 4.79 Å². The second-order valence-corrected chi connectivity index (χ2v) is 7.15. The first-order valence-corrected chi connectivity index (χ1v) is 8.27. The van der Waals surface area contributed by atoms with Crippen molar-refractivity contribution in [3.8, 4) is 6.07 Å². The van der Waals surface area contributed by atoms with Crippen molar-refractivity contribution in [2.45, 2.75) is 18.1 Å². The van der Waals surface area contributed by atoms with Gasteiger partial charge in [0.25, 0.3) is 0 Å². The normalized spacial score (nSPS) is 27.7. The van der Waals surface area contributed by atoms with Crippen molar-refractivity contribution in [3.63, 3.8) is 0 Å². The Bertz CT molecular complexity index is 707. The minimum Gasteiger partial charge on any atom is -0.465 e. The number of nitrogens with zero attached hydrogens (tertiary/aromatic N) is 1. The highest BCUT2D eigenvalue weighted by molar-refractivity contribution is 7.91. The van der Waals surface area contributed by atoms with E-state index in [1.54, 1.807) is 6.92 Å². The molecule has 1 saturated carbocycles. The highest BCUT2D eigenvalue weighted by Crippen LogP contribution is 2.63. The fourth-order valence-corrected chi connectivity index (χ4v) is 4.48. The van der Waals surface area contributed by atoms with Crippen LogP contribution in [0, 0.1) is 22.6 Å². The molecule has 3 atom stereocenters. The van der Waals surface area contributed by atoms with Gasteiger partial charge in [-0.25, -0.2) is 12.8 Å². The molecule has 0 unspecified atom stereocenters. The van der Waals surface area contributed by atoms with Crippen molar-refractivity contribution in [3.05, 3.63) is 35.6 Å². The quantitative estimate of drug-likeness (QED) is 0.785. The predicted molar refractivity (Wildman–Crippen MR) is 72.5 cm³/mol. The molecule has 0 aromatic heterocycles. The molecule has 112 valence electrons. The van der Waals surface area contributed by atoms with E-state index < -0.39 is 38.2 Å². The summed E-state index contributed by atoms with van der Waals surface area (Å²) < 4.78 is 41.6. The van der Waals surface area contributed by atoms with E-state index in [1.165, 1.54) is 24.3 Å². The fourth-order valence-electron chi connectivity index (χ4n) is 2.72. The molecule has 0 radical (unpaired) electrons. The van der Waals surface area contributed by atoms with Gasteiger partial charge in [-0.05, 0) is 24.6 Å². The van der Waals surface area contributed by atoms with Gasteiger partial charge in [-0.2, -0.15) is 5.26 Å². The van der Waals surface area contributed by atoms with E-state index in [2.05, 4.69) is 0 Å². The number of benzene rings is 1. The maximum absolute atomic E-state index is 13.0. The lowest BCUT2D eigenvalue weighted by atomic mass is 10.0. The van der Waals surface area contributed by atoms with Gasteiger partial charge >= 0.3 is 5.97 Å². The van der Waals surface area contributed by atoms with E-state index in [-0.39, 0.29) is 6.61 Å². The third-order valence-corrected chi connectivity index (χ3v) is 5.19. The SMILES string of the molecule is CCOC(=O)[C@]1(C#N)[C@H](c2ccc(F)cc2)[C@@H]1S(C)(=O)=O. The van der Waals surface area contributed by atoms with E-state index in [0.29, 0.717) is 5.56 Å². The van der Waals surface area contributed by atoms with Crippen molar-refractivity contribution < 1.29 is 22.3 Å². The fraction of sp³-hybridized carbons (Fsp3) is 0.429. The molecular weight excluding hydrogens is 297 g/mol. The van der Waals surface area contributed by atoms with Crippen molar-refractivity contribution in [2.75, 3.05) is 12.9 Å². The molecule has 1 aromatic carbocycles. The summed E-state index contributed by atoms with van der Waals surface area (Å²) in [5, 5.41) is 8.22. The largest absolute Gasteiger partial charge is 0.465 e. The van der Waals surface area contributed by atoms with Gasteiger partial charge in [0.05, 0.1) is 12.7 Å². The van der Waals surface area contributed by atoms with Crippen LogP contribution in [-0.2, 0) is 19.4 Å². The lowest BCUT2D eigenvalue weighted by molar-refractivity contribution is -0.147. The first-order valence-electron chi connectivity index (χ1n) is 6.31. The number of carbonyl (C=O) groups excluding carboxylic acids is 1. The van der Waals surface area contributed by atoms with Gasteiger partial charge in [0, 0.05) is 12.2 Å². The molecule has 21 heavy (non-hydrogen) atoms. The van der Waals surface area contributed by atoms with Crippen LogP contribution in [0.4, 0.5) is 4.39 Å². The number of esters is 1. The average Bonchev–Trinajstić information content (AvgIpc) is 3.10. The maximum atomic E-state index is 13.0. The predicted octanol–water partition coefficient (Wildman–Crippen LogP) is 1.41. The summed E-state index contributed by atoms with van der Waals surface area (Å²) in [6.45, 7) is 1.63. The van der Waals surface area contributed by atoms with E-state index in [4.69, 9.17) is 4.74 Å². The molecule has 0 aliphatic heterocycles. The molecule has 0 bridgehead atoms. The molecule has 1 aliphatic rings. The Morgan fingerprint density at radius 1 is 1.43 bits per heavy atom. The molecule has 1 aromatic rings. The lowest BCUT2D eigenvalue weighted by Gasteiger charge is -2.07. The summed E-state index contributed by atoms with van der Waals surface area (Å²) in [6.07, 6.45) is 0.979. The minimum absolute atomic E-state index is 0.0505. The standard InChI is InChI=1S/C14H14FNO4S/c1-3-20-13(17)14(8-16)11(12(14)21(2,18)19)9-4-6-10(15)7-5-9/h4-7,11-12H,3H2,1-2H3/t11-,12+,14-/m1/s1. The summed E-state index contributed by atoms with van der Waals surface area (Å²) in [6, 6.07) is 6.91. The van der Waals surface area contributed by atoms with Crippen LogP contribution in [0.3, 0.4) is 0 Å². The van der Waals surface area contributed by atoms with Crippen LogP contribution in [0.2, 0.25) is 0 Å². The number of hydrogen-bond acceptors (Lipinski definition) is 5. The maximum Gasteiger partial charge on any atom is 0.328 e. The number of hydrogen-bond donors (Lipinski definition) is 0. The van der Waals surface area contributed by atoms with Gasteiger partial charge in [0.15, 0.2) is 15.3 Å². The number of carbonyl (C=O) groups is 1. The van der Waals surface area contributed by atoms with Crippen molar-refractivity contribution in [2.24, 2.45) is 5.41 Å².